The SMILES string of the molecule is CC.CCCCCCC1(CCCCCC)c2ccccc2-c2cc3c(cc21)C=C(C)C3. The van der Waals surface area contributed by atoms with Crippen molar-refractivity contribution in [3.05, 3.63) is 64.2 Å². The van der Waals surface area contributed by atoms with Crippen molar-refractivity contribution in [2.75, 3.05) is 0 Å². The molecule has 0 unspecified atom stereocenters. The summed E-state index contributed by atoms with van der Waals surface area (Å²) in [6.07, 6.45) is 17.0. The van der Waals surface area contributed by atoms with Crippen LogP contribution in [-0.2, 0) is 11.8 Å². The first-order valence-corrected chi connectivity index (χ1v) is 13.1. The molecule has 0 bridgehead atoms. The molecule has 0 aliphatic heterocycles. The Morgan fingerprint density at radius 3 is 2.03 bits per heavy atom. The van der Waals surface area contributed by atoms with Gasteiger partial charge >= 0.3 is 0 Å². The highest BCUT2D eigenvalue weighted by Gasteiger charge is 2.42. The number of hydrogen-bond acceptors (Lipinski definition) is 0. The van der Waals surface area contributed by atoms with Crippen molar-refractivity contribution in [2.45, 2.75) is 111 Å². The van der Waals surface area contributed by atoms with Crippen LogP contribution in [0.1, 0.15) is 121 Å². The lowest BCUT2D eigenvalue weighted by molar-refractivity contribution is 0.401. The van der Waals surface area contributed by atoms with Gasteiger partial charge in [-0.2, -0.15) is 0 Å². The van der Waals surface area contributed by atoms with Crippen LogP contribution in [0.3, 0.4) is 0 Å². The van der Waals surface area contributed by atoms with E-state index in [1.54, 1.807) is 11.1 Å². The average Bonchev–Trinajstić information content (AvgIpc) is 3.29. The van der Waals surface area contributed by atoms with Crippen LogP contribution in [0.25, 0.3) is 17.2 Å². The molecule has 168 valence electrons. The fourth-order valence-corrected chi connectivity index (χ4v) is 5.84. The Balaban J connectivity index is 0.00000132. The lowest BCUT2D eigenvalue weighted by atomic mass is 9.70. The second-order valence-electron chi connectivity index (χ2n) is 9.51. The fourth-order valence-electron chi connectivity index (χ4n) is 5.84. The first-order chi connectivity index (χ1) is 15.2. The van der Waals surface area contributed by atoms with Crippen LogP contribution < -0.4 is 0 Å². The molecule has 0 N–H and O–H groups in total. The summed E-state index contributed by atoms with van der Waals surface area (Å²) in [4.78, 5) is 0. The Hall–Kier alpha value is -1.82. The standard InChI is InChI=1S/C29H38.C2H6/c1-4-6-8-12-16-29(17-13-9-7-5-2)27-15-11-10-14-25(27)26-20-23-18-22(3)19-24(23)21-28(26)29;1-2/h10-11,14-15,19-21H,4-9,12-13,16-18H2,1-3H3;1-2H3. The predicted octanol–water partition coefficient (Wildman–Crippen LogP) is 9.88. The molecular formula is C31H44. The Morgan fingerprint density at radius 2 is 1.39 bits per heavy atom. The number of fused-ring (bicyclic) bond motifs is 4. The van der Waals surface area contributed by atoms with E-state index in [0.29, 0.717) is 0 Å². The fraction of sp³-hybridized carbons (Fsp3) is 0.548. The molecule has 0 nitrogen and oxygen atoms in total. The number of unbranched alkanes of at least 4 members (excludes halogenated alkanes) is 6. The maximum Gasteiger partial charge on any atom is 0.0215 e. The van der Waals surface area contributed by atoms with Gasteiger partial charge in [-0.3, -0.25) is 0 Å². The molecule has 0 fully saturated rings. The molecule has 0 heterocycles. The van der Waals surface area contributed by atoms with Crippen molar-refractivity contribution in [3.63, 3.8) is 0 Å². The highest BCUT2D eigenvalue weighted by atomic mass is 14.5. The van der Waals surface area contributed by atoms with Crippen LogP contribution in [0.2, 0.25) is 0 Å². The van der Waals surface area contributed by atoms with Gasteiger partial charge in [-0.1, -0.05) is 115 Å². The average molecular weight is 417 g/mol. The lowest BCUT2D eigenvalue weighted by Gasteiger charge is -2.33. The molecule has 4 rings (SSSR count). The minimum Gasteiger partial charge on any atom is -0.0683 e. The van der Waals surface area contributed by atoms with Crippen molar-refractivity contribution in [2.24, 2.45) is 0 Å². The number of rotatable bonds is 10. The lowest BCUT2D eigenvalue weighted by Crippen LogP contribution is -2.25. The van der Waals surface area contributed by atoms with Crippen LogP contribution in [0, 0.1) is 0 Å². The largest absolute Gasteiger partial charge is 0.0683 e. The topological polar surface area (TPSA) is 0 Å². The van der Waals surface area contributed by atoms with E-state index in [2.05, 4.69) is 63.2 Å². The van der Waals surface area contributed by atoms with Gasteiger partial charge in [0.1, 0.15) is 0 Å². The third-order valence-corrected chi connectivity index (χ3v) is 7.31. The van der Waals surface area contributed by atoms with E-state index in [1.165, 1.54) is 92.0 Å². The normalized spacial score (nSPS) is 14.9. The summed E-state index contributed by atoms with van der Waals surface area (Å²) < 4.78 is 0. The molecule has 0 atom stereocenters. The summed E-state index contributed by atoms with van der Waals surface area (Å²) in [5, 5.41) is 0. The predicted molar refractivity (Wildman–Crippen MR) is 139 cm³/mol. The van der Waals surface area contributed by atoms with E-state index in [4.69, 9.17) is 0 Å². The van der Waals surface area contributed by atoms with E-state index in [0.717, 1.165) is 6.42 Å². The van der Waals surface area contributed by atoms with Crippen LogP contribution in [0.15, 0.2) is 42.0 Å². The van der Waals surface area contributed by atoms with Gasteiger partial charge < -0.3 is 0 Å². The van der Waals surface area contributed by atoms with Crippen LogP contribution >= 0.6 is 0 Å². The highest BCUT2D eigenvalue weighted by molar-refractivity contribution is 5.84. The van der Waals surface area contributed by atoms with Crippen molar-refractivity contribution in [1.29, 1.82) is 0 Å². The first-order valence-electron chi connectivity index (χ1n) is 13.1. The summed E-state index contributed by atoms with van der Waals surface area (Å²) in [7, 11) is 0. The molecule has 0 radical (unpaired) electrons. The molecule has 31 heavy (non-hydrogen) atoms. The maximum atomic E-state index is 2.58. The molecule has 0 saturated carbocycles. The zero-order valence-electron chi connectivity index (χ0n) is 20.8. The van der Waals surface area contributed by atoms with Gasteiger partial charge in [0.05, 0.1) is 0 Å². The van der Waals surface area contributed by atoms with E-state index >= 15 is 0 Å². The quantitative estimate of drug-likeness (QED) is 0.338. The summed E-state index contributed by atoms with van der Waals surface area (Å²) >= 11 is 0. The van der Waals surface area contributed by atoms with Gasteiger partial charge in [-0.25, -0.2) is 0 Å². The van der Waals surface area contributed by atoms with Gasteiger partial charge in [0.2, 0.25) is 0 Å². The van der Waals surface area contributed by atoms with Gasteiger partial charge in [-0.05, 0) is 71.7 Å². The summed E-state index contributed by atoms with van der Waals surface area (Å²) in [5.74, 6) is 0. The molecule has 2 aliphatic carbocycles. The second kappa shape index (κ2) is 11.2. The minimum atomic E-state index is 0.229. The number of allylic oxidation sites excluding steroid dienone is 1. The first kappa shape index (κ1) is 23.8. The summed E-state index contributed by atoms with van der Waals surface area (Å²) in [6.45, 7) is 10.9. The highest BCUT2D eigenvalue weighted by Crippen LogP contribution is 2.55. The molecule has 0 amide bonds. The molecule has 0 saturated heterocycles. The maximum absolute atomic E-state index is 2.58. The second-order valence-corrected chi connectivity index (χ2v) is 9.51. The van der Waals surface area contributed by atoms with E-state index < -0.39 is 0 Å². The van der Waals surface area contributed by atoms with Crippen molar-refractivity contribution >= 4 is 6.08 Å². The third-order valence-electron chi connectivity index (χ3n) is 7.31. The molecule has 0 heteroatoms. The van der Waals surface area contributed by atoms with Crippen LogP contribution in [0.5, 0.6) is 0 Å². The van der Waals surface area contributed by atoms with Crippen molar-refractivity contribution in [3.8, 4) is 11.1 Å². The van der Waals surface area contributed by atoms with Crippen LogP contribution in [0.4, 0.5) is 0 Å². The number of hydrogen-bond donors (Lipinski definition) is 0. The Kier molecular flexibility index (Phi) is 8.58. The van der Waals surface area contributed by atoms with Gasteiger partial charge in [0.15, 0.2) is 0 Å². The molecular weight excluding hydrogens is 372 g/mol. The Bertz CT molecular complexity index is 871. The zero-order valence-corrected chi connectivity index (χ0v) is 20.8. The van der Waals surface area contributed by atoms with Crippen LogP contribution in [-0.4, -0.2) is 0 Å². The van der Waals surface area contributed by atoms with E-state index in [9.17, 15) is 0 Å². The van der Waals surface area contributed by atoms with Gasteiger partial charge in [-0.15, -0.1) is 0 Å². The molecule has 2 aliphatic rings. The Morgan fingerprint density at radius 1 is 0.742 bits per heavy atom. The van der Waals surface area contributed by atoms with E-state index in [-0.39, 0.29) is 5.41 Å². The van der Waals surface area contributed by atoms with Gasteiger partial charge in [0, 0.05) is 5.41 Å². The smallest absolute Gasteiger partial charge is 0.0215 e. The number of benzene rings is 2. The van der Waals surface area contributed by atoms with E-state index in [1.807, 2.05) is 13.8 Å². The zero-order chi connectivity index (χ0) is 22.3. The van der Waals surface area contributed by atoms with Gasteiger partial charge in [0.25, 0.3) is 0 Å². The summed E-state index contributed by atoms with van der Waals surface area (Å²) in [5.41, 5.74) is 11.1. The third kappa shape index (κ3) is 4.84. The van der Waals surface area contributed by atoms with Crippen molar-refractivity contribution < 1.29 is 0 Å². The summed E-state index contributed by atoms with van der Waals surface area (Å²) in [6, 6.07) is 14.5. The monoisotopic (exact) mass is 416 g/mol. The molecule has 2 aromatic rings. The Labute approximate surface area is 192 Å². The molecule has 0 aromatic heterocycles. The molecule has 0 spiro atoms. The minimum absolute atomic E-state index is 0.229. The molecule has 2 aromatic carbocycles. The van der Waals surface area contributed by atoms with Crippen molar-refractivity contribution in [1.82, 2.24) is 0 Å².